The monoisotopic (exact) mass is 276 g/mol. The molecule has 0 spiro atoms. The van der Waals surface area contributed by atoms with Gasteiger partial charge in [0, 0.05) is 23.3 Å². The summed E-state index contributed by atoms with van der Waals surface area (Å²) in [4.78, 5) is 0.307. The van der Waals surface area contributed by atoms with Crippen LogP contribution in [0.1, 0.15) is 5.56 Å². The van der Waals surface area contributed by atoms with Crippen LogP contribution in [0.3, 0.4) is 0 Å². The third-order valence-electron chi connectivity index (χ3n) is 2.85. The SMILES string of the molecule is Cc1ccc(Nc2ccc(S(C)(=O)=O)cc2)cc1N. The zero-order valence-electron chi connectivity index (χ0n) is 10.8. The minimum absolute atomic E-state index is 0.307. The van der Waals surface area contributed by atoms with E-state index in [2.05, 4.69) is 5.32 Å². The van der Waals surface area contributed by atoms with E-state index in [0.29, 0.717) is 4.90 Å². The van der Waals surface area contributed by atoms with Gasteiger partial charge in [0.25, 0.3) is 0 Å². The smallest absolute Gasteiger partial charge is 0.175 e. The second kappa shape index (κ2) is 4.93. The number of aryl methyl sites for hydroxylation is 1. The third-order valence-corrected chi connectivity index (χ3v) is 3.98. The van der Waals surface area contributed by atoms with E-state index in [9.17, 15) is 8.42 Å². The van der Waals surface area contributed by atoms with Crippen LogP contribution >= 0.6 is 0 Å². The van der Waals surface area contributed by atoms with Gasteiger partial charge in [-0.05, 0) is 48.9 Å². The summed E-state index contributed by atoms with van der Waals surface area (Å²) in [7, 11) is -3.15. The molecule has 0 bridgehead atoms. The topological polar surface area (TPSA) is 72.2 Å². The molecule has 0 aliphatic heterocycles. The van der Waals surface area contributed by atoms with Gasteiger partial charge in [-0.15, -0.1) is 0 Å². The molecule has 2 rings (SSSR count). The van der Waals surface area contributed by atoms with Crippen LogP contribution in [0, 0.1) is 6.92 Å². The lowest BCUT2D eigenvalue weighted by molar-refractivity contribution is 0.602. The van der Waals surface area contributed by atoms with Gasteiger partial charge < -0.3 is 11.1 Å². The van der Waals surface area contributed by atoms with Gasteiger partial charge in [-0.2, -0.15) is 0 Å². The van der Waals surface area contributed by atoms with Gasteiger partial charge in [-0.25, -0.2) is 8.42 Å². The van der Waals surface area contributed by atoms with Crippen molar-refractivity contribution in [3.8, 4) is 0 Å². The molecule has 0 aliphatic rings. The Morgan fingerprint density at radius 2 is 1.58 bits per heavy atom. The van der Waals surface area contributed by atoms with E-state index < -0.39 is 9.84 Å². The van der Waals surface area contributed by atoms with Crippen LogP contribution in [-0.2, 0) is 9.84 Å². The van der Waals surface area contributed by atoms with Crippen LogP contribution in [-0.4, -0.2) is 14.7 Å². The Morgan fingerprint density at radius 1 is 1.00 bits per heavy atom. The Kier molecular flexibility index (Phi) is 3.48. The predicted octanol–water partition coefficient (Wildman–Crippen LogP) is 2.72. The second-order valence-electron chi connectivity index (χ2n) is 4.49. The Hall–Kier alpha value is -2.01. The maximum absolute atomic E-state index is 11.3. The van der Waals surface area contributed by atoms with Gasteiger partial charge in [0.05, 0.1) is 4.90 Å². The van der Waals surface area contributed by atoms with Crippen molar-refractivity contribution in [1.82, 2.24) is 0 Å². The Balaban J connectivity index is 2.22. The highest BCUT2D eigenvalue weighted by atomic mass is 32.2. The van der Waals surface area contributed by atoms with Gasteiger partial charge in [0.15, 0.2) is 9.84 Å². The molecule has 2 aromatic carbocycles. The fourth-order valence-electron chi connectivity index (χ4n) is 1.67. The zero-order valence-corrected chi connectivity index (χ0v) is 11.7. The quantitative estimate of drug-likeness (QED) is 0.845. The second-order valence-corrected chi connectivity index (χ2v) is 6.51. The van der Waals surface area contributed by atoms with E-state index in [-0.39, 0.29) is 0 Å². The summed E-state index contributed by atoms with van der Waals surface area (Å²) in [5.74, 6) is 0. The van der Waals surface area contributed by atoms with Crippen LogP contribution in [0.5, 0.6) is 0 Å². The molecule has 0 fully saturated rings. The van der Waals surface area contributed by atoms with E-state index in [1.54, 1.807) is 24.3 Å². The van der Waals surface area contributed by atoms with Crippen molar-refractivity contribution < 1.29 is 8.42 Å². The molecule has 0 atom stereocenters. The Bertz CT molecular complexity index is 692. The molecular weight excluding hydrogens is 260 g/mol. The highest BCUT2D eigenvalue weighted by Crippen LogP contribution is 2.22. The fourth-order valence-corrected chi connectivity index (χ4v) is 2.30. The molecule has 100 valence electrons. The first-order valence-electron chi connectivity index (χ1n) is 5.79. The van der Waals surface area contributed by atoms with Gasteiger partial charge in [0.1, 0.15) is 0 Å². The first kappa shape index (κ1) is 13.4. The number of benzene rings is 2. The number of hydrogen-bond donors (Lipinski definition) is 2. The van der Waals surface area contributed by atoms with Crippen LogP contribution in [0.15, 0.2) is 47.4 Å². The summed E-state index contributed by atoms with van der Waals surface area (Å²) in [5, 5.41) is 3.18. The summed E-state index contributed by atoms with van der Waals surface area (Å²) in [6, 6.07) is 12.3. The minimum Gasteiger partial charge on any atom is -0.398 e. The molecule has 4 nitrogen and oxygen atoms in total. The normalized spacial score (nSPS) is 11.3. The van der Waals surface area contributed by atoms with Gasteiger partial charge in [-0.3, -0.25) is 0 Å². The molecule has 19 heavy (non-hydrogen) atoms. The van der Waals surface area contributed by atoms with Crippen molar-refractivity contribution >= 4 is 26.9 Å². The number of hydrogen-bond acceptors (Lipinski definition) is 4. The number of nitrogen functional groups attached to an aromatic ring is 1. The van der Waals surface area contributed by atoms with Crippen LogP contribution in [0.25, 0.3) is 0 Å². The molecule has 0 aromatic heterocycles. The predicted molar refractivity (Wildman–Crippen MR) is 78.4 cm³/mol. The van der Waals surface area contributed by atoms with Crippen molar-refractivity contribution in [1.29, 1.82) is 0 Å². The van der Waals surface area contributed by atoms with Crippen LogP contribution in [0.4, 0.5) is 17.1 Å². The molecule has 0 heterocycles. The molecule has 0 saturated heterocycles. The van der Waals surface area contributed by atoms with Crippen molar-refractivity contribution in [2.75, 3.05) is 17.3 Å². The third kappa shape index (κ3) is 3.26. The number of nitrogens with one attached hydrogen (secondary N) is 1. The lowest BCUT2D eigenvalue weighted by Crippen LogP contribution is -1.98. The number of sulfone groups is 1. The highest BCUT2D eigenvalue weighted by Gasteiger charge is 2.06. The fraction of sp³-hybridized carbons (Fsp3) is 0.143. The first-order chi connectivity index (χ1) is 8.86. The van der Waals surface area contributed by atoms with Crippen LogP contribution < -0.4 is 11.1 Å². The molecule has 0 saturated carbocycles. The maximum Gasteiger partial charge on any atom is 0.175 e. The number of rotatable bonds is 3. The summed E-state index contributed by atoms with van der Waals surface area (Å²) in [6.07, 6.45) is 1.19. The molecular formula is C14H16N2O2S. The van der Waals surface area contributed by atoms with E-state index in [0.717, 1.165) is 22.6 Å². The van der Waals surface area contributed by atoms with Crippen molar-refractivity contribution in [2.45, 2.75) is 11.8 Å². The van der Waals surface area contributed by atoms with Gasteiger partial charge in [-0.1, -0.05) is 6.07 Å². The van der Waals surface area contributed by atoms with E-state index in [1.807, 2.05) is 25.1 Å². The van der Waals surface area contributed by atoms with Gasteiger partial charge >= 0.3 is 0 Å². The minimum atomic E-state index is -3.15. The standard InChI is InChI=1S/C14H16N2O2S/c1-10-3-4-12(9-14(10)15)16-11-5-7-13(8-6-11)19(2,17)18/h3-9,16H,15H2,1-2H3. The highest BCUT2D eigenvalue weighted by molar-refractivity contribution is 7.90. The maximum atomic E-state index is 11.3. The largest absolute Gasteiger partial charge is 0.398 e. The molecule has 5 heteroatoms. The lowest BCUT2D eigenvalue weighted by atomic mass is 10.2. The van der Waals surface area contributed by atoms with E-state index in [1.165, 1.54) is 6.26 Å². The van der Waals surface area contributed by atoms with E-state index >= 15 is 0 Å². The molecule has 3 N–H and O–H groups in total. The lowest BCUT2D eigenvalue weighted by Gasteiger charge is -2.09. The number of nitrogens with two attached hydrogens (primary N) is 1. The van der Waals surface area contributed by atoms with Crippen molar-refractivity contribution in [3.63, 3.8) is 0 Å². The summed E-state index contributed by atoms with van der Waals surface area (Å²) < 4.78 is 22.7. The first-order valence-corrected chi connectivity index (χ1v) is 7.69. The van der Waals surface area contributed by atoms with E-state index in [4.69, 9.17) is 5.73 Å². The van der Waals surface area contributed by atoms with Crippen molar-refractivity contribution in [3.05, 3.63) is 48.0 Å². The number of anilines is 3. The average Bonchev–Trinajstić information content (AvgIpc) is 2.33. The van der Waals surface area contributed by atoms with Gasteiger partial charge in [0.2, 0.25) is 0 Å². The molecule has 0 amide bonds. The average molecular weight is 276 g/mol. The Labute approximate surface area is 113 Å². The molecule has 0 radical (unpaired) electrons. The molecule has 2 aromatic rings. The zero-order chi connectivity index (χ0) is 14.0. The summed E-state index contributed by atoms with van der Waals surface area (Å²) in [6.45, 7) is 1.94. The Morgan fingerprint density at radius 3 is 2.11 bits per heavy atom. The van der Waals surface area contributed by atoms with Crippen molar-refractivity contribution in [2.24, 2.45) is 0 Å². The molecule has 0 aliphatic carbocycles. The molecule has 0 unspecified atom stereocenters. The summed E-state index contributed by atoms with van der Waals surface area (Å²) in [5.41, 5.74) is 9.27. The van der Waals surface area contributed by atoms with Crippen LogP contribution in [0.2, 0.25) is 0 Å². The summed E-state index contributed by atoms with van der Waals surface area (Å²) >= 11 is 0.